The molecule has 2 heterocycles. The summed E-state index contributed by atoms with van der Waals surface area (Å²) in [6.45, 7) is 3.92. The first-order valence-electron chi connectivity index (χ1n) is 15.4. The molecule has 5 aromatic rings. The van der Waals surface area contributed by atoms with Gasteiger partial charge in [0.25, 0.3) is 5.91 Å². The van der Waals surface area contributed by atoms with Gasteiger partial charge >= 0.3 is 0 Å². The van der Waals surface area contributed by atoms with Gasteiger partial charge in [0.15, 0.2) is 12.2 Å². The van der Waals surface area contributed by atoms with Crippen LogP contribution < -0.4 is 50.2 Å². The Morgan fingerprint density at radius 2 is 1.28 bits per heavy atom. The molecule has 0 saturated carbocycles. The number of anilines is 1. The summed E-state index contributed by atoms with van der Waals surface area (Å²) in [6, 6.07) is 32.3. The van der Waals surface area contributed by atoms with Crippen molar-refractivity contribution in [2.45, 2.75) is 25.0 Å². The Morgan fingerprint density at radius 1 is 0.674 bits per heavy atom. The fourth-order valence-corrected chi connectivity index (χ4v) is 6.15. The van der Waals surface area contributed by atoms with E-state index in [4.69, 9.17) is 9.47 Å². The van der Waals surface area contributed by atoms with Crippen molar-refractivity contribution >= 4 is 22.4 Å². The third-order valence-electron chi connectivity index (χ3n) is 8.53. The van der Waals surface area contributed by atoms with Crippen LogP contribution in [-0.2, 0) is 0 Å². The molecule has 238 valence electrons. The van der Waals surface area contributed by atoms with E-state index in [0.717, 1.165) is 83.5 Å². The van der Waals surface area contributed by atoms with Gasteiger partial charge in [0, 0.05) is 35.2 Å². The number of quaternary nitrogens is 2. The third kappa shape index (κ3) is 7.45. The third-order valence-corrected chi connectivity index (χ3v) is 8.53. The maximum Gasteiger partial charge on any atom is 0.255 e. The Balaban J connectivity index is 0.00000208. The van der Waals surface area contributed by atoms with Crippen LogP contribution in [0.5, 0.6) is 11.5 Å². The van der Waals surface area contributed by atoms with Gasteiger partial charge in [-0.3, -0.25) is 4.79 Å². The summed E-state index contributed by atoms with van der Waals surface area (Å²) in [5, 5.41) is 9.88. The first kappa shape index (κ1) is 33.2. The van der Waals surface area contributed by atoms with Crippen LogP contribution >= 0.6 is 0 Å². The van der Waals surface area contributed by atoms with Gasteiger partial charge in [0.1, 0.15) is 30.4 Å². The fraction of sp³-hybridized carbons (Fsp3) is 0.216. The quantitative estimate of drug-likeness (QED) is 0.200. The zero-order valence-electron chi connectivity index (χ0n) is 25.2. The smallest absolute Gasteiger partial charge is 0.255 e. The Labute approximate surface area is 280 Å². The van der Waals surface area contributed by atoms with Gasteiger partial charge in [-0.25, -0.2) is 4.39 Å². The molecule has 2 fully saturated rings. The molecule has 0 spiro atoms. The van der Waals surface area contributed by atoms with Crippen LogP contribution in [0.1, 0.15) is 23.2 Å². The minimum Gasteiger partial charge on any atom is -1.00 e. The van der Waals surface area contributed by atoms with Crippen molar-refractivity contribution in [1.29, 1.82) is 0 Å². The second-order valence-electron chi connectivity index (χ2n) is 11.6. The molecule has 0 unspecified atom stereocenters. The summed E-state index contributed by atoms with van der Waals surface area (Å²) >= 11 is 0. The van der Waals surface area contributed by atoms with E-state index < -0.39 is 0 Å². The molecule has 5 N–H and O–H groups in total. The van der Waals surface area contributed by atoms with E-state index in [1.807, 2.05) is 48.5 Å². The van der Waals surface area contributed by atoms with Gasteiger partial charge in [0.05, 0.1) is 13.1 Å². The number of carbonyl (C=O) groups excluding carboxylic acids is 1. The number of fused-ring (bicyclic) bond motifs is 1. The van der Waals surface area contributed by atoms with Crippen LogP contribution in [0.4, 0.5) is 10.1 Å². The summed E-state index contributed by atoms with van der Waals surface area (Å²) in [6.07, 6.45) is 2.22. The Kier molecular flexibility index (Phi) is 10.8. The lowest BCUT2D eigenvalue weighted by atomic mass is 9.98. The average molecular weight is 661 g/mol. The molecular formula is C37H36Cl2FN3O3. The summed E-state index contributed by atoms with van der Waals surface area (Å²) in [7, 11) is 0. The normalized spacial score (nSPS) is 17.2. The number of hydrogen-bond donors (Lipinski definition) is 3. The zero-order chi connectivity index (χ0) is 29.9. The Hall–Kier alpha value is -4.14. The number of ether oxygens (including phenoxy) is 2. The molecule has 2 aliphatic rings. The van der Waals surface area contributed by atoms with Gasteiger partial charge in [-0.2, -0.15) is 0 Å². The summed E-state index contributed by atoms with van der Waals surface area (Å²) in [4.78, 5) is 13.7. The van der Waals surface area contributed by atoms with E-state index in [0.29, 0.717) is 11.3 Å². The van der Waals surface area contributed by atoms with Crippen LogP contribution in [0.3, 0.4) is 0 Å². The predicted molar refractivity (Wildman–Crippen MR) is 171 cm³/mol. The molecule has 2 atom stereocenters. The molecule has 2 saturated heterocycles. The zero-order valence-corrected chi connectivity index (χ0v) is 26.7. The number of amides is 1. The second kappa shape index (κ2) is 15.0. The van der Waals surface area contributed by atoms with Gasteiger partial charge < -0.3 is 50.2 Å². The van der Waals surface area contributed by atoms with Crippen LogP contribution in [0.15, 0.2) is 103 Å². The van der Waals surface area contributed by atoms with Crippen LogP contribution in [0, 0.1) is 5.82 Å². The monoisotopic (exact) mass is 659 g/mol. The van der Waals surface area contributed by atoms with E-state index in [9.17, 15) is 9.18 Å². The molecule has 6 nitrogen and oxygen atoms in total. The van der Waals surface area contributed by atoms with Crippen LogP contribution in [0.25, 0.3) is 33.0 Å². The molecule has 2 aliphatic heterocycles. The van der Waals surface area contributed by atoms with Crippen molar-refractivity contribution in [3.05, 3.63) is 115 Å². The van der Waals surface area contributed by atoms with E-state index in [2.05, 4.69) is 46.3 Å². The molecule has 9 heteroatoms. The second-order valence-corrected chi connectivity index (χ2v) is 11.6. The first-order chi connectivity index (χ1) is 21.6. The van der Waals surface area contributed by atoms with Crippen molar-refractivity contribution in [3.63, 3.8) is 0 Å². The lowest BCUT2D eigenvalue weighted by Gasteiger charge is -2.18. The number of nitrogens with two attached hydrogens (primary N) is 2. The van der Waals surface area contributed by atoms with Crippen molar-refractivity contribution in [2.75, 3.05) is 31.5 Å². The minimum absolute atomic E-state index is 0. The van der Waals surface area contributed by atoms with E-state index in [1.165, 1.54) is 12.1 Å². The standard InChI is InChI=1S/C37H34FN3O3.2ClH/c38-29-10-7-25(8-11-29)34-21-30(12-14-36(34)44-32-16-18-40-23-32)41-37(42)28-9-13-35(43-31-15-17-39-22-31)33(20-28)27-6-5-24-3-1-2-4-26(24)19-27;;/h1-14,19-21,31-32,39-40H,15-18,22-23H2,(H,41,42);2*1H/t31-,32-;;/m0../s1. The van der Waals surface area contributed by atoms with E-state index in [-0.39, 0.29) is 48.7 Å². The lowest BCUT2D eigenvalue weighted by Crippen LogP contribution is -3.00. The summed E-state index contributed by atoms with van der Waals surface area (Å²) in [5.41, 5.74) is 4.68. The molecule has 5 aromatic carbocycles. The van der Waals surface area contributed by atoms with Gasteiger partial charge in [-0.05, 0) is 76.5 Å². The summed E-state index contributed by atoms with van der Waals surface area (Å²) < 4.78 is 26.5. The van der Waals surface area contributed by atoms with Crippen molar-refractivity contribution in [2.24, 2.45) is 0 Å². The maximum atomic E-state index is 13.7. The first-order valence-corrected chi connectivity index (χ1v) is 15.4. The fourth-order valence-electron chi connectivity index (χ4n) is 6.15. The van der Waals surface area contributed by atoms with Gasteiger partial charge in [-0.1, -0.05) is 48.5 Å². The topological polar surface area (TPSA) is 80.8 Å². The number of benzene rings is 5. The largest absolute Gasteiger partial charge is 1.00 e. The Morgan fingerprint density at radius 3 is 1.93 bits per heavy atom. The van der Waals surface area contributed by atoms with Crippen LogP contribution in [-0.4, -0.2) is 44.3 Å². The number of halogens is 3. The summed E-state index contributed by atoms with van der Waals surface area (Å²) in [5.74, 6) is 0.976. The Bertz CT molecular complexity index is 1810. The van der Waals surface area contributed by atoms with Crippen molar-refractivity contribution in [3.8, 4) is 33.8 Å². The molecule has 46 heavy (non-hydrogen) atoms. The van der Waals surface area contributed by atoms with Gasteiger partial charge in [0.2, 0.25) is 0 Å². The number of carbonyl (C=O) groups is 1. The highest BCUT2D eigenvalue weighted by Crippen LogP contribution is 2.36. The minimum atomic E-state index is -0.299. The van der Waals surface area contributed by atoms with Crippen LogP contribution in [0.2, 0.25) is 0 Å². The predicted octanol–water partition coefficient (Wildman–Crippen LogP) is -0.998. The highest BCUT2D eigenvalue weighted by atomic mass is 35.5. The SMILES string of the molecule is O=C(Nc1ccc(O[C@H]2CC[NH2+]C2)c(-c2ccc(F)cc2)c1)c1ccc(O[C@H]2CC[NH2+]C2)c(-c2ccc3ccccc3c2)c1.[Cl-].[Cl-]. The maximum absolute atomic E-state index is 13.7. The molecule has 7 rings (SSSR count). The highest BCUT2D eigenvalue weighted by molar-refractivity contribution is 6.06. The molecular weight excluding hydrogens is 624 g/mol. The van der Waals surface area contributed by atoms with Gasteiger partial charge in [-0.15, -0.1) is 0 Å². The molecule has 0 aromatic heterocycles. The lowest BCUT2D eigenvalue weighted by molar-refractivity contribution is -0.638. The van der Waals surface area contributed by atoms with E-state index >= 15 is 0 Å². The van der Waals surface area contributed by atoms with Crippen molar-refractivity contribution < 1.29 is 54.1 Å². The number of nitrogens with one attached hydrogen (secondary N) is 1. The molecule has 0 bridgehead atoms. The van der Waals surface area contributed by atoms with E-state index in [1.54, 1.807) is 12.1 Å². The highest BCUT2D eigenvalue weighted by Gasteiger charge is 2.23. The molecule has 1 amide bonds. The average Bonchev–Trinajstić information content (AvgIpc) is 3.77. The molecule has 0 aliphatic carbocycles. The van der Waals surface area contributed by atoms with Crippen molar-refractivity contribution in [1.82, 2.24) is 0 Å². The molecule has 0 radical (unpaired) electrons. The number of rotatable bonds is 8. The number of hydrogen-bond acceptors (Lipinski definition) is 3.